The average molecular weight is 388 g/mol. The van der Waals surface area contributed by atoms with Crippen LogP contribution in [0.25, 0.3) is 0 Å². The molecule has 126 valence electrons. The van der Waals surface area contributed by atoms with E-state index < -0.39 is 5.67 Å². The van der Waals surface area contributed by atoms with E-state index in [-0.39, 0.29) is 11.7 Å². The highest BCUT2D eigenvalue weighted by molar-refractivity contribution is 9.10. The summed E-state index contributed by atoms with van der Waals surface area (Å²) in [5.74, 6) is 0.295. The molecule has 1 N–H and O–H groups in total. The zero-order valence-electron chi connectivity index (χ0n) is 13.2. The predicted octanol–water partition coefficient (Wildman–Crippen LogP) is 5.00. The van der Waals surface area contributed by atoms with Crippen LogP contribution in [0, 0.1) is 5.82 Å². The molecule has 23 heavy (non-hydrogen) atoms. The SMILES string of the molecule is CC(C)(F)c1nc(CCCCCNc2ccc(F)c(Br)c2)no1. The van der Waals surface area contributed by atoms with Gasteiger partial charge in [-0.2, -0.15) is 4.98 Å². The number of alkyl halides is 1. The molecule has 0 aliphatic rings. The Balaban J connectivity index is 1.64. The smallest absolute Gasteiger partial charge is 0.263 e. The molecule has 7 heteroatoms. The van der Waals surface area contributed by atoms with Crippen LogP contribution in [0.1, 0.15) is 44.8 Å². The maximum atomic E-state index is 13.6. The molecule has 0 aliphatic carbocycles. The quantitative estimate of drug-likeness (QED) is 0.647. The van der Waals surface area contributed by atoms with E-state index in [0.717, 1.165) is 31.5 Å². The van der Waals surface area contributed by atoms with E-state index >= 15 is 0 Å². The van der Waals surface area contributed by atoms with Crippen LogP contribution in [0.5, 0.6) is 0 Å². The van der Waals surface area contributed by atoms with Crippen LogP contribution >= 0.6 is 15.9 Å². The molecule has 0 fully saturated rings. The number of anilines is 1. The number of hydrogen-bond donors (Lipinski definition) is 1. The summed E-state index contributed by atoms with van der Waals surface area (Å²) in [5, 5.41) is 7.02. The molecule has 0 saturated heterocycles. The lowest BCUT2D eigenvalue weighted by Crippen LogP contribution is -2.09. The van der Waals surface area contributed by atoms with Crippen LogP contribution in [0.3, 0.4) is 0 Å². The van der Waals surface area contributed by atoms with Crippen LogP contribution in [-0.4, -0.2) is 16.7 Å². The Morgan fingerprint density at radius 3 is 2.70 bits per heavy atom. The summed E-state index contributed by atoms with van der Waals surface area (Å²) >= 11 is 3.16. The topological polar surface area (TPSA) is 51.0 Å². The normalized spacial score (nSPS) is 11.7. The minimum atomic E-state index is -1.60. The van der Waals surface area contributed by atoms with Crippen LogP contribution in [-0.2, 0) is 12.1 Å². The lowest BCUT2D eigenvalue weighted by Gasteiger charge is -2.07. The number of nitrogens with one attached hydrogen (secondary N) is 1. The first kappa shape index (κ1) is 17.8. The highest BCUT2D eigenvalue weighted by atomic mass is 79.9. The molecule has 4 nitrogen and oxygen atoms in total. The van der Waals surface area contributed by atoms with E-state index in [4.69, 9.17) is 4.52 Å². The number of aryl methyl sites for hydroxylation is 1. The predicted molar refractivity (Wildman–Crippen MR) is 88.6 cm³/mol. The maximum absolute atomic E-state index is 13.6. The van der Waals surface area contributed by atoms with Crippen LogP contribution in [0.4, 0.5) is 14.5 Å². The fourth-order valence-corrected chi connectivity index (χ4v) is 2.40. The fraction of sp³-hybridized carbons (Fsp3) is 0.500. The minimum absolute atomic E-state index is 0.0241. The van der Waals surface area contributed by atoms with Gasteiger partial charge in [0.2, 0.25) is 0 Å². The van der Waals surface area contributed by atoms with Crippen LogP contribution in [0.15, 0.2) is 27.2 Å². The van der Waals surface area contributed by atoms with Gasteiger partial charge in [0, 0.05) is 18.7 Å². The van der Waals surface area contributed by atoms with Crippen molar-refractivity contribution in [1.82, 2.24) is 10.1 Å². The van der Waals surface area contributed by atoms with E-state index in [1.165, 1.54) is 19.9 Å². The van der Waals surface area contributed by atoms with E-state index in [2.05, 4.69) is 31.4 Å². The van der Waals surface area contributed by atoms with Gasteiger partial charge in [-0.3, -0.25) is 0 Å². The van der Waals surface area contributed by atoms with Gasteiger partial charge in [0.1, 0.15) is 5.82 Å². The van der Waals surface area contributed by atoms with Gasteiger partial charge in [0.05, 0.1) is 4.47 Å². The molecule has 0 aliphatic heterocycles. The fourth-order valence-electron chi connectivity index (χ4n) is 2.02. The zero-order chi connectivity index (χ0) is 16.9. The van der Waals surface area contributed by atoms with E-state index in [0.29, 0.717) is 16.7 Å². The molecule has 0 atom stereocenters. The molecule has 0 spiro atoms. The summed E-state index contributed by atoms with van der Waals surface area (Å²) in [6, 6.07) is 4.85. The Morgan fingerprint density at radius 1 is 1.26 bits per heavy atom. The average Bonchev–Trinajstić information content (AvgIpc) is 2.95. The summed E-state index contributed by atoms with van der Waals surface area (Å²) in [6.07, 6.45) is 3.52. The summed E-state index contributed by atoms with van der Waals surface area (Å²) < 4.78 is 32.1. The molecule has 2 rings (SSSR count). The molecule has 0 radical (unpaired) electrons. The Hall–Kier alpha value is -1.50. The third-order valence-corrected chi connectivity index (χ3v) is 3.91. The Morgan fingerprint density at radius 2 is 2.04 bits per heavy atom. The van der Waals surface area contributed by atoms with Crippen molar-refractivity contribution in [3.05, 3.63) is 40.2 Å². The molecule has 0 bridgehead atoms. The second kappa shape index (κ2) is 7.86. The standard InChI is InChI=1S/C16H20BrF2N3O/c1-16(2,19)15-21-14(22-23-15)6-4-3-5-9-20-11-7-8-13(18)12(17)10-11/h7-8,10,20H,3-6,9H2,1-2H3. The number of rotatable bonds is 8. The molecule has 1 heterocycles. The molecule has 1 aromatic heterocycles. The Labute approximate surface area is 142 Å². The third kappa shape index (κ3) is 5.57. The third-order valence-electron chi connectivity index (χ3n) is 3.30. The molecule has 2 aromatic rings. The second-order valence-electron chi connectivity index (χ2n) is 5.85. The molecule has 0 amide bonds. The number of hydrogen-bond acceptors (Lipinski definition) is 4. The van der Waals surface area contributed by atoms with Gasteiger partial charge >= 0.3 is 0 Å². The van der Waals surface area contributed by atoms with Gasteiger partial charge in [-0.1, -0.05) is 11.6 Å². The van der Waals surface area contributed by atoms with E-state index in [1.807, 2.05) is 0 Å². The first-order valence-electron chi connectivity index (χ1n) is 7.57. The lowest BCUT2D eigenvalue weighted by atomic mass is 10.1. The minimum Gasteiger partial charge on any atom is -0.385 e. The summed E-state index contributed by atoms with van der Waals surface area (Å²) in [7, 11) is 0. The van der Waals surface area contributed by atoms with Gasteiger partial charge in [-0.15, -0.1) is 0 Å². The van der Waals surface area contributed by atoms with Crippen molar-refractivity contribution in [3.8, 4) is 0 Å². The molecule has 0 unspecified atom stereocenters. The molecule has 1 aromatic carbocycles. The van der Waals surface area contributed by atoms with Crippen LogP contribution in [0.2, 0.25) is 0 Å². The van der Waals surface area contributed by atoms with E-state index in [1.54, 1.807) is 12.1 Å². The zero-order valence-corrected chi connectivity index (χ0v) is 14.8. The number of benzene rings is 1. The number of halogens is 3. The lowest BCUT2D eigenvalue weighted by molar-refractivity contribution is 0.155. The Kier molecular flexibility index (Phi) is 6.10. The van der Waals surface area contributed by atoms with Crippen molar-refractivity contribution in [1.29, 1.82) is 0 Å². The summed E-state index contributed by atoms with van der Waals surface area (Å²) in [6.45, 7) is 3.58. The second-order valence-corrected chi connectivity index (χ2v) is 6.71. The highest BCUT2D eigenvalue weighted by Gasteiger charge is 2.26. The van der Waals surface area contributed by atoms with Gasteiger partial charge < -0.3 is 9.84 Å². The van der Waals surface area contributed by atoms with Crippen molar-refractivity contribution in [3.63, 3.8) is 0 Å². The Bertz CT molecular complexity index is 640. The van der Waals surface area contributed by atoms with Crippen molar-refractivity contribution in [2.24, 2.45) is 0 Å². The first-order chi connectivity index (χ1) is 10.9. The maximum Gasteiger partial charge on any atom is 0.263 e. The molecular formula is C16H20BrF2N3O. The van der Waals surface area contributed by atoms with Crippen molar-refractivity contribution < 1.29 is 13.3 Å². The van der Waals surface area contributed by atoms with Crippen molar-refractivity contribution in [2.45, 2.75) is 45.2 Å². The molecular weight excluding hydrogens is 368 g/mol. The number of nitrogens with zero attached hydrogens (tertiary/aromatic N) is 2. The highest BCUT2D eigenvalue weighted by Crippen LogP contribution is 2.22. The first-order valence-corrected chi connectivity index (χ1v) is 8.36. The van der Waals surface area contributed by atoms with E-state index in [9.17, 15) is 8.78 Å². The van der Waals surface area contributed by atoms with Gasteiger partial charge in [0.15, 0.2) is 11.5 Å². The molecule has 0 saturated carbocycles. The van der Waals surface area contributed by atoms with Crippen LogP contribution < -0.4 is 5.32 Å². The van der Waals surface area contributed by atoms with Gasteiger partial charge in [-0.05, 0) is 60.8 Å². The van der Waals surface area contributed by atoms with Crippen molar-refractivity contribution in [2.75, 3.05) is 11.9 Å². The van der Waals surface area contributed by atoms with Gasteiger partial charge in [-0.25, -0.2) is 8.78 Å². The van der Waals surface area contributed by atoms with Gasteiger partial charge in [0.25, 0.3) is 5.89 Å². The van der Waals surface area contributed by atoms with Crippen molar-refractivity contribution >= 4 is 21.6 Å². The largest absolute Gasteiger partial charge is 0.385 e. The number of aromatic nitrogens is 2. The number of unbranched alkanes of at least 4 members (excludes halogenated alkanes) is 2. The monoisotopic (exact) mass is 387 g/mol. The summed E-state index contributed by atoms with van der Waals surface area (Å²) in [4.78, 5) is 4.06. The summed E-state index contributed by atoms with van der Waals surface area (Å²) in [5.41, 5.74) is -0.718.